The van der Waals surface area contributed by atoms with Crippen molar-refractivity contribution in [1.29, 1.82) is 0 Å². The average Bonchev–Trinajstić information content (AvgIpc) is 3.18. The lowest BCUT2D eigenvalue weighted by Gasteiger charge is -2.19. The summed E-state index contributed by atoms with van der Waals surface area (Å²) in [5.74, 6) is 0. The summed E-state index contributed by atoms with van der Waals surface area (Å²) in [7, 11) is -3.94. The molecule has 0 saturated heterocycles. The maximum Gasteiger partial charge on any atom is 0.363 e. The Morgan fingerprint density at radius 3 is 2.39 bits per heavy atom. The average molecular weight is 398 g/mol. The molecule has 1 saturated carbocycles. The molecule has 0 spiro atoms. The number of sulfonamides is 1. The van der Waals surface area contributed by atoms with Crippen LogP contribution in [0, 0.1) is 6.92 Å². The minimum atomic E-state index is -3.94. The number of anilines is 2. The lowest BCUT2D eigenvalue weighted by atomic mass is 10.1. The van der Waals surface area contributed by atoms with E-state index in [9.17, 15) is 13.2 Å². The van der Waals surface area contributed by atoms with Crippen molar-refractivity contribution in [3.8, 4) is 0 Å². The van der Waals surface area contributed by atoms with Crippen LogP contribution in [-0.2, 0) is 10.0 Å². The molecular weight excluding hydrogens is 376 g/mol. The van der Waals surface area contributed by atoms with Crippen LogP contribution in [0.2, 0.25) is 0 Å². The lowest BCUT2D eigenvalue weighted by Crippen LogP contribution is -2.23. The van der Waals surface area contributed by atoms with Gasteiger partial charge in [-0.2, -0.15) is 0 Å². The number of nitrogens with one attached hydrogen (secondary N) is 2. The molecule has 1 aromatic heterocycles. The number of rotatable bonds is 5. The van der Waals surface area contributed by atoms with Gasteiger partial charge in [-0.1, -0.05) is 43.2 Å². The van der Waals surface area contributed by atoms with Crippen LogP contribution in [-0.4, -0.2) is 14.5 Å². The molecule has 0 atom stereocenters. The van der Waals surface area contributed by atoms with Gasteiger partial charge in [0, 0.05) is 11.4 Å². The Hall–Kier alpha value is -2.80. The lowest BCUT2D eigenvalue weighted by molar-refractivity contribution is 0.562. The van der Waals surface area contributed by atoms with Crippen molar-refractivity contribution in [1.82, 2.24) is 0 Å². The first-order valence-electron chi connectivity index (χ1n) is 9.36. The van der Waals surface area contributed by atoms with Gasteiger partial charge in [-0.05, 0) is 43.5 Å². The molecule has 0 aliphatic heterocycles. The monoisotopic (exact) mass is 398 g/mol. The zero-order valence-electron chi connectivity index (χ0n) is 15.6. The quantitative estimate of drug-likeness (QED) is 0.627. The Morgan fingerprint density at radius 2 is 1.64 bits per heavy atom. The maximum absolute atomic E-state index is 13.0. The van der Waals surface area contributed by atoms with Crippen LogP contribution < -0.4 is 15.7 Å². The second-order valence-electron chi connectivity index (χ2n) is 7.13. The van der Waals surface area contributed by atoms with Gasteiger partial charge < -0.3 is 9.73 Å². The fraction of sp³-hybridized carbons (Fsp3) is 0.286. The molecule has 2 N–H and O–H groups in total. The molecule has 146 valence electrons. The number of hydrogen-bond acceptors (Lipinski definition) is 5. The van der Waals surface area contributed by atoms with Gasteiger partial charge in [0.1, 0.15) is 5.58 Å². The van der Waals surface area contributed by atoms with Crippen LogP contribution in [0.1, 0.15) is 31.2 Å². The third-order valence-electron chi connectivity index (χ3n) is 5.14. The number of aryl methyl sites for hydroxylation is 1. The Balaban J connectivity index is 1.85. The summed E-state index contributed by atoms with van der Waals surface area (Å²) >= 11 is 0. The molecule has 1 heterocycles. The molecule has 0 unspecified atom stereocenters. The van der Waals surface area contributed by atoms with E-state index in [1.54, 1.807) is 37.3 Å². The van der Waals surface area contributed by atoms with Crippen molar-refractivity contribution >= 4 is 32.4 Å². The van der Waals surface area contributed by atoms with Gasteiger partial charge in [0.15, 0.2) is 5.69 Å². The van der Waals surface area contributed by atoms with Gasteiger partial charge in [-0.25, -0.2) is 13.2 Å². The first-order chi connectivity index (χ1) is 13.5. The summed E-state index contributed by atoms with van der Waals surface area (Å²) < 4.78 is 33.8. The SMILES string of the molecule is Cc1ccccc1S(=O)(=O)Nc1c(NC2CCCC2)c2ccccc2oc1=O. The Labute approximate surface area is 163 Å². The predicted octanol–water partition coefficient (Wildman–Crippen LogP) is 4.26. The van der Waals surface area contributed by atoms with Crippen LogP contribution >= 0.6 is 0 Å². The van der Waals surface area contributed by atoms with Gasteiger partial charge in [-0.3, -0.25) is 4.72 Å². The summed E-state index contributed by atoms with van der Waals surface area (Å²) in [6.45, 7) is 1.72. The molecular formula is C21H22N2O4S. The van der Waals surface area contributed by atoms with E-state index in [0.29, 0.717) is 22.2 Å². The Kier molecular flexibility index (Phi) is 4.85. The molecule has 1 fully saturated rings. The van der Waals surface area contributed by atoms with Crippen LogP contribution in [0.4, 0.5) is 11.4 Å². The normalized spacial score (nSPS) is 15.0. The van der Waals surface area contributed by atoms with Crippen LogP contribution in [0.25, 0.3) is 11.0 Å². The summed E-state index contributed by atoms with van der Waals surface area (Å²) in [5.41, 5.74) is 0.721. The predicted molar refractivity (Wildman–Crippen MR) is 110 cm³/mol. The second-order valence-corrected chi connectivity index (χ2v) is 8.78. The first-order valence-corrected chi connectivity index (χ1v) is 10.8. The van der Waals surface area contributed by atoms with Crippen molar-refractivity contribution < 1.29 is 12.8 Å². The first kappa shape index (κ1) is 18.6. The molecule has 7 heteroatoms. The Bertz CT molecular complexity index is 1180. The van der Waals surface area contributed by atoms with Crippen LogP contribution in [0.3, 0.4) is 0 Å². The molecule has 1 aliphatic rings. The van der Waals surface area contributed by atoms with Gasteiger partial charge in [-0.15, -0.1) is 0 Å². The summed E-state index contributed by atoms with van der Waals surface area (Å²) in [6.07, 6.45) is 4.19. The topological polar surface area (TPSA) is 88.4 Å². The van der Waals surface area contributed by atoms with E-state index in [1.807, 2.05) is 12.1 Å². The van der Waals surface area contributed by atoms with E-state index in [1.165, 1.54) is 6.07 Å². The van der Waals surface area contributed by atoms with Gasteiger partial charge in [0.05, 0.1) is 10.6 Å². The highest BCUT2D eigenvalue weighted by Gasteiger charge is 2.25. The van der Waals surface area contributed by atoms with E-state index < -0.39 is 15.6 Å². The van der Waals surface area contributed by atoms with Gasteiger partial charge in [0.2, 0.25) is 0 Å². The zero-order valence-corrected chi connectivity index (χ0v) is 16.4. The van der Waals surface area contributed by atoms with E-state index in [4.69, 9.17) is 4.42 Å². The number of para-hydroxylation sites is 1. The van der Waals surface area contributed by atoms with Crippen molar-refractivity contribution in [3.05, 3.63) is 64.5 Å². The highest BCUT2D eigenvalue weighted by molar-refractivity contribution is 7.92. The summed E-state index contributed by atoms with van der Waals surface area (Å²) in [4.78, 5) is 12.8. The van der Waals surface area contributed by atoms with Crippen molar-refractivity contribution in [2.24, 2.45) is 0 Å². The van der Waals surface area contributed by atoms with Crippen molar-refractivity contribution in [2.45, 2.75) is 43.5 Å². The van der Waals surface area contributed by atoms with Gasteiger partial charge in [0.25, 0.3) is 10.0 Å². The van der Waals surface area contributed by atoms with E-state index >= 15 is 0 Å². The van der Waals surface area contributed by atoms with Crippen molar-refractivity contribution in [3.63, 3.8) is 0 Å². The second kappa shape index (κ2) is 7.31. The minimum absolute atomic E-state index is 0.0751. The summed E-state index contributed by atoms with van der Waals surface area (Å²) in [5, 5.41) is 4.07. The molecule has 6 nitrogen and oxygen atoms in total. The Morgan fingerprint density at radius 1 is 0.964 bits per heavy atom. The molecule has 0 amide bonds. The van der Waals surface area contributed by atoms with Crippen molar-refractivity contribution in [2.75, 3.05) is 10.0 Å². The minimum Gasteiger partial charge on any atom is -0.421 e. The molecule has 0 radical (unpaired) electrons. The highest BCUT2D eigenvalue weighted by atomic mass is 32.2. The number of benzene rings is 2. The van der Waals surface area contributed by atoms with E-state index in [-0.39, 0.29) is 16.6 Å². The molecule has 3 aromatic rings. The third-order valence-corrected chi connectivity index (χ3v) is 6.65. The van der Waals surface area contributed by atoms with E-state index in [2.05, 4.69) is 10.0 Å². The highest BCUT2D eigenvalue weighted by Crippen LogP contribution is 2.33. The largest absolute Gasteiger partial charge is 0.421 e. The zero-order chi connectivity index (χ0) is 19.7. The maximum atomic E-state index is 13.0. The molecule has 28 heavy (non-hydrogen) atoms. The fourth-order valence-corrected chi connectivity index (χ4v) is 5.03. The standard InChI is InChI=1S/C21H22N2O4S/c1-14-8-2-7-13-18(14)28(25,26)23-20-19(22-15-9-3-4-10-15)16-11-5-6-12-17(16)27-21(20)24/h2,5-8,11-13,15,22-23H,3-4,9-10H2,1H3. The van der Waals surface area contributed by atoms with Crippen LogP contribution in [0.5, 0.6) is 0 Å². The number of hydrogen-bond donors (Lipinski definition) is 2. The number of fused-ring (bicyclic) bond motifs is 1. The smallest absolute Gasteiger partial charge is 0.363 e. The molecule has 0 bridgehead atoms. The third kappa shape index (κ3) is 3.49. The molecule has 2 aromatic carbocycles. The fourth-order valence-electron chi connectivity index (χ4n) is 3.71. The van der Waals surface area contributed by atoms with Crippen LogP contribution in [0.15, 0.2) is 62.6 Å². The van der Waals surface area contributed by atoms with E-state index in [0.717, 1.165) is 25.7 Å². The summed E-state index contributed by atoms with van der Waals surface area (Å²) in [6, 6.07) is 14.0. The van der Waals surface area contributed by atoms with Gasteiger partial charge >= 0.3 is 5.63 Å². The molecule has 4 rings (SSSR count). The molecule has 1 aliphatic carbocycles.